The third-order valence-corrected chi connectivity index (χ3v) is 4.89. The van der Waals surface area contributed by atoms with Crippen LogP contribution in [0.1, 0.15) is 30.0 Å². The Morgan fingerprint density at radius 1 is 1.12 bits per heavy atom. The standard InChI is InChI=1S/C22H23F5N2O4S/c1-3-10-33-19-13-16(22(25,26)27)6-4-15(19)5-7-20(30)28-9-8-14-11-17(23)21(18(24)12-14)29-34(2,31)32/h4-7,11-13,29H,3,8-10H2,1-2H3,(H,28,30). The van der Waals surface area contributed by atoms with Crippen LogP contribution in [0.2, 0.25) is 0 Å². The molecule has 0 aliphatic carbocycles. The van der Waals surface area contributed by atoms with Crippen molar-refractivity contribution < 1.29 is 39.9 Å². The Morgan fingerprint density at radius 3 is 2.32 bits per heavy atom. The molecule has 2 N–H and O–H groups in total. The van der Waals surface area contributed by atoms with Crippen LogP contribution in [-0.2, 0) is 27.4 Å². The summed E-state index contributed by atoms with van der Waals surface area (Å²) in [7, 11) is -3.87. The van der Waals surface area contributed by atoms with Crippen molar-refractivity contribution in [1.29, 1.82) is 0 Å². The van der Waals surface area contributed by atoms with Gasteiger partial charge in [-0.1, -0.05) is 13.0 Å². The van der Waals surface area contributed by atoms with Crippen molar-refractivity contribution in [2.75, 3.05) is 24.1 Å². The molecule has 2 rings (SSSR count). The van der Waals surface area contributed by atoms with Crippen LogP contribution in [0.25, 0.3) is 6.08 Å². The Kier molecular flexibility index (Phi) is 9.02. The van der Waals surface area contributed by atoms with Crippen molar-refractivity contribution >= 4 is 27.7 Å². The van der Waals surface area contributed by atoms with E-state index in [2.05, 4.69) is 5.32 Å². The smallest absolute Gasteiger partial charge is 0.416 e. The molecule has 0 spiro atoms. The molecule has 2 aromatic rings. The molecule has 0 saturated carbocycles. The van der Waals surface area contributed by atoms with Crippen LogP contribution < -0.4 is 14.8 Å². The van der Waals surface area contributed by atoms with Gasteiger partial charge in [-0.2, -0.15) is 13.2 Å². The number of anilines is 1. The Labute approximate surface area is 193 Å². The van der Waals surface area contributed by atoms with E-state index in [0.29, 0.717) is 6.42 Å². The second-order valence-corrected chi connectivity index (χ2v) is 9.03. The molecule has 0 heterocycles. The van der Waals surface area contributed by atoms with Gasteiger partial charge in [0.2, 0.25) is 15.9 Å². The third-order valence-electron chi connectivity index (χ3n) is 4.32. The van der Waals surface area contributed by atoms with Gasteiger partial charge in [-0.05, 0) is 48.7 Å². The maximum Gasteiger partial charge on any atom is 0.416 e. The van der Waals surface area contributed by atoms with Gasteiger partial charge in [0, 0.05) is 18.2 Å². The number of hydrogen-bond acceptors (Lipinski definition) is 4. The first-order chi connectivity index (χ1) is 15.8. The molecule has 0 atom stereocenters. The van der Waals surface area contributed by atoms with E-state index in [1.807, 2.05) is 0 Å². The fraction of sp³-hybridized carbons (Fsp3) is 0.318. The summed E-state index contributed by atoms with van der Waals surface area (Å²) in [4.78, 5) is 12.1. The summed E-state index contributed by atoms with van der Waals surface area (Å²) in [5, 5.41) is 2.49. The van der Waals surface area contributed by atoms with Gasteiger partial charge >= 0.3 is 6.18 Å². The molecule has 12 heteroatoms. The first-order valence-corrected chi connectivity index (χ1v) is 11.9. The van der Waals surface area contributed by atoms with Crippen LogP contribution in [0.4, 0.5) is 27.6 Å². The van der Waals surface area contributed by atoms with Crippen molar-refractivity contribution in [1.82, 2.24) is 5.32 Å². The summed E-state index contributed by atoms with van der Waals surface area (Å²) in [6.45, 7) is 1.98. The van der Waals surface area contributed by atoms with Crippen LogP contribution in [0.3, 0.4) is 0 Å². The van der Waals surface area contributed by atoms with Gasteiger partial charge in [-0.3, -0.25) is 9.52 Å². The average molecular weight is 506 g/mol. The van der Waals surface area contributed by atoms with E-state index in [1.165, 1.54) is 12.1 Å². The van der Waals surface area contributed by atoms with Crippen molar-refractivity contribution in [3.05, 3.63) is 64.7 Å². The number of amides is 1. The maximum atomic E-state index is 14.0. The molecule has 34 heavy (non-hydrogen) atoms. The molecule has 0 saturated heterocycles. The molecule has 0 aromatic heterocycles. The van der Waals surface area contributed by atoms with E-state index in [1.54, 1.807) is 11.6 Å². The molecule has 0 aliphatic rings. The molecule has 1 amide bonds. The zero-order valence-corrected chi connectivity index (χ0v) is 19.1. The van der Waals surface area contributed by atoms with E-state index < -0.39 is 45.0 Å². The summed E-state index contributed by atoms with van der Waals surface area (Å²) < 4.78 is 96.3. The number of ether oxygens (including phenoxy) is 1. The quantitative estimate of drug-likeness (QED) is 0.367. The van der Waals surface area contributed by atoms with Crippen LogP contribution in [-0.4, -0.2) is 33.7 Å². The summed E-state index contributed by atoms with van der Waals surface area (Å²) in [6.07, 6.45) is -0.772. The molecule has 0 radical (unpaired) electrons. The average Bonchev–Trinajstić information content (AvgIpc) is 2.72. The normalized spacial score (nSPS) is 12.1. The second-order valence-electron chi connectivity index (χ2n) is 7.28. The van der Waals surface area contributed by atoms with E-state index in [9.17, 15) is 35.2 Å². The molecule has 0 unspecified atom stereocenters. The van der Waals surface area contributed by atoms with Gasteiger partial charge in [-0.15, -0.1) is 0 Å². The van der Waals surface area contributed by atoms with Gasteiger partial charge in [-0.25, -0.2) is 17.2 Å². The zero-order chi connectivity index (χ0) is 25.5. The van der Waals surface area contributed by atoms with E-state index in [-0.39, 0.29) is 36.4 Å². The van der Waals surface area contributed by atoms with Crippen LogP contribution in [0, 0.1) is 11.6 Å². The van der Waals surface area contributed by atoms with Crippen molar-refractivity contribution in [3.8, 4) is 5.75 Å². The number of rotatable bonds is 10. The fourth-order valence-corrected chi connectivity index (χ4v) is 3.36. The minimum atomic E-state index is -4.54. The number of sulfonamides is 1. The monoisotopic (exact) mass is 506 g/mol. The lowest BCUT2D eigenvalue weighted by molar-refractivity contribution is -0.137. The molecular formula is C22H23F5N2O4S. The summed E-state index contributed by atoms with van der Waals surface area (Å²) >= 11 is 0. The highest BCUT2D eigenvalue weighted by Gasteiger charge is 2.31. The van der Waals surface area contributed by atoms with E-state index in [0.717, 1.165) is 36.6 Å². The SMILES string of the molecule is CCCOc1cc(C(F)(F)F)ccc1C=CC(=O)NCCc1cc(F)c(NS(C)(=O)=O)c(F)c1. The zero-order valence-electron chi connectivity index (χ0n) is 18.3. The predicted octanol–water partition coefficient (Wildman–Crippen LogP) is 4.52. The van der Waals surface area contributed by atoms with Crippen LogP contribution in [0.15, 0.2) is 36.4 Å². The Bertz CT molecular complexity index is 1140. The van der Waals surface area contributed by atoms with E-state index in [4.69, 9.17) is 4.74 Å². The third kappa shape index (κ3) is 8.32. The summed E-state index contributed by atoms with van der Waals surface area (Å²) in [5.41, 5.74) is -1.22. The minimum absolute atomic E-state index is 0.00684. The lowest BCUT2D eigenvalue weighted by Crippen LogP contribution is -2.23. The first-order valence-electron chi connectivity index (χ1n) is 10.1. The largest absolute Gasteiger partial charge is 0.493 e. The Balaban J connectivity index is 2.02. The number of nitrogens with one attached hydrogen (secondary N) is 2. The predicted molar refractivity (Wildman–Crippen MR) is 118 cm³/mol. The molecule has 0 aliphatic heterocycles. The number of benzene rings is 2. The van der Waals surface area contributed by atoms with Gasteiger partial charge in [0.1, 0.15) is 11.4 Å². The highest BCUT2D eigenvalue weighted by molar-refractivity contribution is 7.92. The second kappa shape index (κ2) is 11.3. The van der Waals surface area contributed by atoms with Crippen molar-refractivity contribution in [2.24, 2.45) is 0 Å². The van der Waals surface area contributed by atoms with Crippen LogP contribution in [0.5, 0.6) is 5.75 Å². The van der Waals surface area contributed by atoms with Crippen molar-refractivity contribution in [3.63, 3.8) is 0 Å². The number of alkyl halides is 3. The molecule has 186 valence electrons. The van der Waals surface area contributed by atoms with Gasteiger partial charge in [0.25, 0.3) is 0 Å². The minimum Gasteiger partial charge on any atom is -0.493 e. The Morgan fingerprint density at radius 2 is 1.76 bits per heavy atom. The maximum absolute atomic E-state index is 14.0. The summed E-state index contributed by atoms with van der Waals surface area (Å²) in [5.74, 6) is -2.81. The van der Waals surface area contributed by atoms with Crippen molar-refractivity contribution in [2.45, 2.75) is 25.9 Å². The van der Waals surface area contributed by atoms with Crippen LogP contribution >= 0.6 is 0 Å². The highest BCUT2D eigenvalue weighted by Crippen LogP contribution is 2.33. The molecule has 6 nitrogen and oxygen atoms in total. The molecule has 0 bridgehead atoms. The van der Waals surface area contributed by atoms with Gasteiger partial charge in [0.15, 0.2) is 11.6 Å². The number of carbonyl (C=O) groups is 1. The van der Waals surface area contributed by atoms with E-state index >= 15 is 0 Å². The lowest BCUT2D eigenvalue weighted by Gasteiger charge is -2.12. The first kappa shape index (κ1) is 27.1. The Hall–Kier alpha value is -3.15. The number of carbonyl (C=O) groups excluding carboxylic acids is 1. The van der Waals surface area contributed by atoms with Gasteiger partial charge in [0.05, 0.1) is 18.4 Å². The highest BCUT2D eigenvalue weighted by atomic mass is 32.2. The number of hydrogen-bond donors (Lipinski definition) is 2. The fourth-order valence-electron chi connectivity index (χ4n) is 2.79. The lowest BCUT2D eigenvalue weighted by atomic mass is 10.1. The summed E-state index contributed by atoms with van der Waals surface area (Å²) in [6, 6.07) is 4.81. The topological polar surface area (TPSA) is 84.5 Å². The molecule has 2 aromatic carbocycles. The van der Waals surface area contributed by atoms with Gasteiger partial charge < -0.3 is 10.1 Å². The molecular weight excluding hydrogens is 483 g/mol. The number of halogens is 5. The molecule has 0 fully saturated rings.